The van der Waals surface area contributed by atoms with Crippen LogP contribution in [0.5, 0.6) is 0 Å². The fourth-order valence-corrected chi connectivity index (χ4v) is 4.65. The number of benzene rings is 1. The van der Waals surface area contributed by atoms with Crippen molar-refractivity contribution in [3.8, 4) is 0 Å². The van der Waals surface area contributed by atoms with Crippen molar-refractivity contribution in [2.75, 3.05) is 33.4 Å². The Hall–Kier alpha value is -0.970. The lowest BCUT2D eigenvalue weighted by Crippen LogP contribution is -2.46. The molecule has 2 atom stereocenters. The normalized spacial score (nSPS) is 30.8. The lowest BCUT2D eigenvalue weighted by molar-refractivity contribution is 0.0575. The topological polar surface area (TPSA) is 21.7 Å². The molecule has 0 N–H and O–H groups in total. The van der Waals surface area contributed by atoms with Crippen LogP contribution >= 0.6 is 0 Å². The van der Waals surface area contributed by atoms with Crippen molar-refractivity contribution in [2.45, 2.75) is 43.2 Å². The number of methoxy groups -OCH3 is 1. The zero-order valence-electron chi connectivity index (χ0n) is 13.2. The van der Waals surface area contributed by atoms with Crippen LogP contribution in [0.3, 0.4) is 0 Å². The van der Waals surface area contributed by atoms with Crippen molar-refractivity contribution in [2.24, 2.45) is 0 Å². The summed E-state index contributed by atoms with van der Waals surface area (Å²) < 4.78 is 25.0. The molecule has 2 saturated heterocycles. The predicted molar refractivity (Wildman–Crippen MR) is 82.5 cm³/mol. The Kier molecular flexibility index (Phi) is 3.71. The minimum absolute atomic E-state index is 0.105. The van der Waals surface area contributed by atoms with E-state index in [1.165, 1.54) is 11.1 Å². The molecule has 0 amide bonds. The molecule has 1 aromatic rings. The number of hydrogen-bond donors (Lipinski definition) is 0. The van der Waals surface area contributed by atoms with Crippen LogP contribution in [0, 0.1) is 5.82 Å². The molecule has 1 aromatic carbocycles. The molecule has 0 saturated carbocycles. The summed E-state index contributed by atoms with van der Waals surface area (Å²) in [6.45, 7) is 3.94. The third-order valence-electron chi connectivity index (χ3n) is 5.97. The second kappa shape index (κ2) is 5.59. The molecule has 0 bridgehead atoms. The van der Waals surface area contributed by atoms with E-state index in [0.717, 1.165) is 52.0 Å². The third-order valence-corrected chi connectivity index (χ3v) is 5.97. The molecule has 0 radical (unpaired) electrons. The Balaban J connectivity index is 1.57. The van der Waals surface area contributed by atoms with Crippen LogP contribution in [0.2, 0.25) is 0 Å². The van der Waals surface area contributed by atoms with Gasteiger partial charge in [0.25, 0.3) is 0 Å². The third kappa shape index (κ3) is 2.29. The van der Waals surface area contributed by atoms with E-state index in [2.05, 4.69) is 4.90 Å². The minimum Gasteiger partial charge on any atom is -0.380 e. The van der Waals surface area contributed by atoms with Crippen molar-refractivity contribution in [3.05, 3.63) is 35.1 Å². The lowest BCUT2D eigenvalue weighted by Gasteiger charge is -2.42. The highest BCUT2D eigenvalue weighted by Crippen LogP contribution is 2.52. The van der Waals surface area contributed by atoms with Crippen LogP contribution in [-0.2, 0) is 14.9 Å². The molecule has 2 fully saturated rings. The molecule has 22 heavy (non-hydrogen) atoms. The number of rotatable bonds is 2. The summed E-state index contributed by atoms with van der Waals surface area (Å²) in [6.07, 6.45) is 4.47. The number of hydrogen-bond acceptors (Lipinski definition) is 3. The number of fused-ring (bicyclic) bond motifs is 2. The van der Waals surface area contributed by atoms with Crippen LogP contribution in [0.4, 0.5) is 4.39 Å². The van der Waals surface area contributed by atoms with Crippen molar-refractivity contribution in [1.29, 1.82) is 0 Å². The maximum atomic E-state index is 13.8. The van der Waals surface area contributed by atoms with Gasteiger partial charge in [-0.05, 0) is 62.0 Å². The number of nitrogens with zero attached hydrogens (tertiary/aromatic N) is 1. The van der Waals surface area contributed by atoms with E-state index in [1.54, 1.807) is 19.2 Å². The summed E-state index contributed by atoms with van der Waals surface area (Å²) in [5.41, 5.74) is 2.50. The van der Waals surface area contributed by atoms with E-state index < -0.39 is 0 Å². The first-order valence-corrected chi connectivity index (χ1v) is 8.36. The van der Waals surface area contributed by atoms with E-state index in [-0.39, 0.29) is 17.3 Å². The summed E-state index contributed by atoms with van der Waals surface area (Å²) >= 11 is 0. The average Bonchev–Trinajstić information content (AvgIpc) is 3.16. The first kappa shape index (κ1) is 14.6. The van der Waals surface area contributed by atoms with Gasteiger partial charge in [-0.2, -0.15) is 0 Å². The molecule has 2 heterocycles. The summed E-state index contributed by atoms with van der Waals surface area (Å²) in [7, 11) is 1.77. The van der Waals surface area contributed by atoms with Crippen LogP contribution in [0.1, 0.15) is 42.9 Å². The van der Waals surface area contributed by atoms with Gasteiger partial charge in [-0.1, -0.05) is 6.07 Å². The van der Waals surface area contributed by atoms with Crippen molar-refractivity contribution < 1.29 is 13.9 Å². The molecule has 3 nitrogen and oxygen atoms in total. The Morgan fingerprint density at radius 3 is 2.82 bits per heavy atom. The van der Waals surface area contributed by atoms with Crippen LogP contribution in [0.15, 0.2) is 18.2 Å². The fraction of sp³-hybridized carbons (Fsp3) is 0.667. The fourth-order valence-electron chi connectivity index (χ4n) is 4.65. The Morgan fingerprint density at radius 2 is 2.14 bits per heavy atom. The minimum atomic E-state index is -0.124. The molecular weight excluding hydrogens is 281 g/mol. The first-order valence-electron chi connectivity index (χ1n) is 8.36. The van der Waals surface area contributed by atoms with Gasteiger partial charge in [0.2, 0.25) is 0 Å². The van der Waals surface area contributed by atoms with Gasteiger partial charge in [-0.25, -0.2) is 4.39 Å². The van der Waals surface area contributed by atoms with E-state index in [4.69, 9.17) is 9.47 Å². The largest absolute Gasteiger partial charge is 0.380 e. The summed E-state index contributed by atoms with van der Waals surface area (Å²) in [5.74, 6) is -0.124. The van der Waals surface area contributed by atoms with Gasteiger partial charge in [0.05, 0.1) is 12.7 Å². The van der Waals surface area contributed by atoms with Crippen LogP contribution < -0.4 is 0 Å². The van der Waals surface area contributed by atoms with Gasteiger partial charge in [0.1, 0.15) is 5.82 Å². The second-order valence-corrected chi connectivity index (χ2v) is 6.99. The van der Waals surface area contributed by atoms with Gasteiger partial charge in [-0.15, -0.1) is 0 Å². The number of piperidine rings is 1. The summed E-state index contributed by atoms with van der Waals surface area (Å²) in [6, 6.07) is 5.83. The van der Waals surface area contributed by atoms with E-state index in [1.807, 2.05) is 6.07 Å². The molecule has 0 aromatic heterocycles. The number of likely N-dealkylation sites (tertiary alicyclic amines) is 1. The maximum absolute atomic E-state index is 13.8. The van der Waals surface area contributed by atoms with Gasteiger partial charge >= 0.3 is 0 Å². The van der Waals surface area contributed by atoms with Crippen LogP contribution in [0.25, 0.3) is 0 Å². The SMILES string of the molecule is CO[C@H]1CC2(CCN([C@@H]3CCOC3)CC2)c2cc(F)ccc21. The van der Waals surface area contributed by atoms with Crippen molar-refractivity contribution in [1.82, 2.24) is 4.90 Å². The highest BCUT2D eigenvalue weighted by molar-refractivity contribution is 5.42. The van der Waals surface area contributed by atoms with E-state index >= 15 is 0 Å². The van der Waals surface area contributed by atoms with E-state index in [0.29, 0.717) is 6.04 Å². The van der Waals surface area contributed by atoms with Gasteiger partial charge in [0, 0.05) is 25.2 Å². The first-order chi connectivity index (χ1) is 10.7. The Morgan fingerprint density at radius 1 is 1.32 bits per heavy atom. The van der Waals surface area contributed by atoms with Gasteiger partial charge < -0.3 is 9.47 Å². The standard InChI is InChI=1S/C18H24FNO2/c1-21-17-11-18(16-10-13(19)2-3-15(16)17)5-7-20(8-6-18)14-4-9-22-12-14/h2-3,10,14,17H,4-9,11-12H2,1H3/t14-,17+/m1/s1. The van der Waals surface area contributed by atoms with E-state index in [9.17, 15) is 4.39 Å². The highest BCUT2D eigenvalue weighted by Gasteiger charge is 2.46. The smallest absolute Gasteiger partial charge is 0.123 e. The monoisotopic (exact) mass is 305 g/mol. The van der Waals surface area contributed by atoms with Crippen molar-refractivity contribution >= 4 is 0 Å². The molecular formula is C18H24FNO2. The number of halogens is 1. The lowest BCUT2D eigenvalue weighted by atomic mass is 9.73. The van der Waals surface area contributed by atoms with Gasteiger partial charge in [-0.3, -0.25) is 4.90 Å². The second-order valence-electron chi connectivity index (χ2n) is 6.99. The predicted octanol–water partition coefficient (Wildman–Crippen LogP) is 3.04. The maximum Gasteiger partial charge on any atom is 0.123 e. The van der Waals surface area contributed by atoms with Crippen molar-refractivity contribution in [3.63, 3.8) is 0 Å². The zero-order valence-corrected chi connectivity index (χ0v) is 13.2. The summed E-state index contributed by atoms with van der Waals surface area (Å²) in [5, 5.41) is 0. The molecule has 4 rings (SSSR count). The molecule has 120 valence electrons. The Labute approximate surface area is 131 Å². The van der Waals surface area contributed by atoms with Gasteiger partial charge in [0.15, 0.2) is 0 Å². The molecule has 4 heteroatoms. The number of ether oxygens (including phenoxy) is 2. The van der Waals surface area contributed by atoms with Crippen LogP contribution in [-0.4, -0.2) is 44.4 Å². The average molecular weight is 305 g/mol. The molecule has 2 aliphatic heterocycles. The highest BCUT2D eigenvalue weighted by atomic mass is 19.1. The summed E-state index contributed by atoms with van der Waals surface area (Å²) in [4.78, 5) is 2.57. The molecule has 0 unspecified atom stereocenters. The Bertz CT molecular complexity index is 548. The molecule has 3 aliphatic rings. The quantitative estimate of drug-likeness (QED) is 0.838. The zero-order chi connectivity index (χ0) is 15.2. The molecule has 1 aliphatic carbocycles. The molecule has 1 spiro atoms.